The molecule has 0 spiro atoms. The minimum Gasteiger partial charge on any atom is -0.503 e. The smallest absolute Gasteiger partial charge is 0.290 e. The lowest BCUT2D eigenvalue weighted by atomic mass is 9.94. The Bertz CT molecular complexity index is 1360. The number of hydrogen-bond acceptors (Lipinski definition) is 6. The second-order valence-electron chi connectivity index (χ2n) is 7.71. The number of ether oxygens (including phenoxy) is 1. The van der Waals surface area contributed by atoms with Crippen molar-refractivity contribution in [3.63, 3.8) is 0 Å². The summed E-state index contributed by atoms with van der Waals surface area (Å²) in [6.45, 7) is 0.162. The average molecular weight is 440 g/mol. The molecule has 7 nitrogen and oxygen atoms in total. The van der Waals surface area contributed by atoms with Crippen LogP contribution in [0.2, 0.25) is 0 Å². The average Bonchev–Trinajstić information content (AvgIpc) is 3.39. The van der Waals surface area contributed by atoms with Crippen LogP contribution in [0.25, 0.3) is 11.0 Å². The second-order valence-corrected chi connectivity index (χ2v) is 7.71. The zero-order chi connectivity index (χ0) is 22.9. The molecular formula is C26H20N2O5. The van der Waals surface area contributed by atoms with E-state index in [-0.39, 0.29) is 17.9 Å². The molecule has 2 aromatic carbocycles. The van der Waals surface area contributed by atoms with Crippen molar-refractivity contribution >= 4 is 22.7 Å². The molecule has 4 aromatic rings. The fourth-order valence-corrected chi connectivity index (χ4v) is 4.12. The highest BCUT2D eigenvalue weighted by Crippen LogP contribution is 2.41. The molecular weight excluding hydrogens is 420 g/mol. The third-order valence-corrected chi connectivity index (χ3v) is 5.68. The van der Waals surface area contributed by atoms with Gasteiger partial charge in [-0.1, -0.05) is 36.4 Å². The van der Waals surface area contributed by atoms with Gasteiger partial charge < -0.3 is 19.2 Å². The summed E-state index contributed by atoms with van der Waals surface area (Å²) in [5, 5.41) is 11.6. The number of amides is 1. The summed E-state index contributed by atoms with van der Waals surface area (Å²) in [5.74, 6) is -1.13. The van der Waals surface area contributed by atoms with Crippen molar-refractivity contribution in [2.75, 3.05) is 7.11 Å². The van der Waals surface area contributed by atoms with Crippen LogP contribution in [0.5, 0.6) is 5.75 Å². The summed E-state index contributed by atoms with van der Waals surface area (Å²) in [5.41, 5.74) is 1.92. The Labute approximate surface area is 189 Å². The number of pyridine rings is 1. The SMILES string of the molecule is COc1cccc(C2C(C(=O)c3cc4ccccc4o3)=C(O)C(=O)N2Cc2cccnc2)c1. The van der Waals surface area contributed by atoms with Crippen molar-refractivity contribution in [3.05, 3.63) is 107 Å². The lowest BCUT2D eigenvalue weighted by Gasteiger charge is -2.27. The summed E-state index contributed by atoms with van der Waals surface area (Å²) in [6, 6.07) is 18.7. The third kappa shape index (κ3) is 3.63. The molecule has 7 heteroatoms. The Balaban J connectivity index is 1.61. The van der Waals surface area contributed by atoms with Crippen LogP contribution < -0.4 is 4.74 Å². The van der Waals surface area contributed by atoms with Gasteiger partial charge in [0.1, 0.15) is 11.3 Å². The third-order valence-electron chi connectivity index (χ3n) is 5.68. The van der Waals surface area contributed by atoms with Crippen molar-refractivity contribution in [1.82, 2.24) is 9.88 Å². The van der Waals surface area contributed by atoms with Gasteiger partial charge in [-0.25, -0.2) is 0 Å². The highest BCUT2D eigenvalue weighted by molar-refractivity contribution is 6.16. The molecule has 0 saturated carbocycles. The number of ketones is 1. The quantitative estimate of drug-likeness (QED) is 0.440. The van der Waals surface area contributed by atoms with Crippen molar-refractivity contribution in [1.29, 1.82) is 0 Å². The van der Waals surface area contributed by atoms with Gasteiger partial charge in [0.25, 0.3) is 5.91 Å². The molecule has 5 rings (SSSR count). The van der Waals surface area contributed by atoms with Crippen molar-refractivity contribution < 1.29 is 23.8 Å². The Kier molecular flexibility index (Phi) is 5.14. The first-order valence-corrected chi connectivity index (χ1v) is 10.4. The lowest BCUT2D eigenvalue weighted by Crippen LogP contribution is -2.30. The number of fused-ring (bicyclic) bond motifs is 1. The molecule has 0 bridgehead atoms. The van der Waals surface area contributed by atoms with E-state index in [1.165, 1.54) is 4.90 Å². The largest absolute Gasteiger partial charge is 0.503 e. The molecule has 1 aliphatic heterocycles. The first kappa shape index (κ1) is 20.5. The molecule has 3 heterocycles. The number of carbonyl (C=O) groups excluding carboxylic acids is 2. The van der Waals surface area contributed by atoms with Crippen LogP contribution >= 0.6 is 0 Å². The first-order chi connectivity index (χ1) is 16.1. The van der Waals surface area contributed by atoms with E-state index in [1.54, 1.807) is 62.0 Å². The van der Waals surface area contributed by atoms with E-state index in [9.17, 15) is 14.7 Å². The van der Waals surface area contributed by atoms with Crippen LogP contribution in [-0.2, 0) is 11.3 Å². The number of methoxy groups -OCH3 is 1. The second kappa shape index (κ2) is 8.27. The number of aliphatic hydroxyl groups excluding tert-OH is 1. The predicted octanol–water partition coefficient (Wildman–Crippen LogP) is 4.61. The van der Waals surface area contributed by atoms with Crippen molar-refractivity contribution in [3.8, 4) is 5.75 Å². The Morgan fingerprint density at radius 2 is 1.97 bits per heavy atom. The fourth-order valence-electron chi connectivity index (χ4n) is 4.12. The van der Waals surface area contributed by atoms with E-state index in [0.717, 1.165) is 10.9 Å². The molecule has 1 aliphatic rings. The number of Topliss-reactive ketones (excluding diaryl/α,β-unsaturated/α-hetero) is 1. The summed E-state index contributed by atoms with van der Waals surface area (Å²) >= 11 is 0. The molecule has 0 radical (unpaired) electrons. The minimum atomic E-state index is -0.825. The van der Waals surface area contributed by atoms with E-state index < -0.39 is 23.5 Å². The van der Waals surface area contributed by atoms with E-state index in [0.29, 0.717) is 16.9 Å². The van der Waals surface area contributed by atoms with Crippen LogP contribution in [0.4, 0.5) is 0 Å². The van der Waals surface area contributed by atoms with Gasteiger partial charge in [-0.15, -0.1) is 0 Å². The van der Waals surface area contributed by atoms with Crippen LogP contribution in [-0.4, -0.2) is 33.8 Å². The minimum absolute atomic E-state index is 0.0313. The number of furan rings is 1. The highest BCUT2D eigenvalue weighted by atomic mass is 16.5. The van der Waals surface area contributed by atoms with Gasteiger partial charge in [-0.3, -0.25) is 14.6 Å². The number of aliphatic hydroxyl groups is 1. The normalized spacial score (nSPS) is 16.0. The standard InChI is InChI=1S/C26H20N2O5/c1-32-19-9-4-8-18(12-19)23-22(24(29)21-13-17-7-2-3-10-20(17)33-21)25(30)26(31)28(23)15-16-6-5-11-27-14-16/h2-14,23,30H,15H2,1H3. The summed E-state index contributed by atoms with van der Waals surface area (Å²) in [4.78, 5) is 32.3. The first-order valence-electron chi connectivity index (χ1n) is 10.4. The molecule has 0 fully saturated rings. The highest BCUT2D eigenvalue weighted by Gasteiger charge is 2.44. The predicted molar refractivity (Wildman–Crippen MR) is 121 cm³/mol. The van der Waals surface area contributed by atoms with Crippen molar-refractivity contribution in [2.45, 2.75) is 12.6 Å². The van der Waals surface area contributed by atoms with Crippen molar-refractivity contribution in [2.24, 2.45) is 0 Å². The summed E-state index contributed by atoms with van der Waals surface area (Å²) in [6.07, 6.45) is 3.28. The molecule has 0 saturated heterocycles. The molecule has 0 aliphatic carbocycles. The maximum atomic E-state index is 13.6. The van der Waals surface area contributed by atoms with E-state index in [1.807, 2.05) is 24.3 Å². The van der Waals surface area contributed by atoms with Crippen LogP contribution in [0, 0.1) is 0 Å². The fraction of sp³-hybridized carbons (Fsp3) is 0.115. The summed E-state index contributed by atoms with van der Waals surface area (Å²) < 4.78 is 11.1. The summed E-state index contributed by atoms with van der Waals surface area (Å²) in [7, 11) is 1.54. The maximum absolute atomic E-state index is 13.6. The van der Waals surface area contributed by atoms with Gasteiger partial charge >= 0.3 is 0 Å². The number of hydrogen-bond donors (Lipinski definition) is 1. The van der Waals surface area contributed by atoms with E-state index in [4.69, 9.17) is 9.15 Å². The molecule has 33 heavy (non-hydrogen) atoms. The van der Waals surface area contributed by atoms with Gasteiger partial charge in [-0.05, 0) is 41.5 Å². The topological polar surface area (TPSA) is 92.9 Å². The monoisotopic (exact) mass is 440 g/mol. The Hall–Kier alpha value is -4.39. The number of aromatic nitrogens is 1. The molecule has 164 valence electrons. The van der Waals surface area contributed by atoms with Crippen LogP contribution in [0.1, 0.15) is 27.7 Å². The van der Waals surface area contributed by atoms with E-state index in [2.05, 4.69) is 4.98 Å². The van der Waals surface area contributed by atoms with Gasteiger partial charge in [0.05, 0.1) is 18.7 Å². The molecule has 2 aromatic heterocycles. The molecule has 1 N–H and O–H groups in total. The van der Waals surface area contributed by atoms with E-state index >= 15 is 0 Å². The van der Waals surface area contributed by atoms with Crippen LogP contribution in [0.3, 0.4) is 0 Å². The van der Waals surface area contributed by atoms with Gasteiger partial charge in [0.15, 0.2) is 11.5 Å². The number of nitrogens with zero attached hydrogens (tertiary/aromatic N) is 2. The number of rotatable bonds is 6. The molecule has 1 atom stereocenters. The Morgan fingerprint density at radius 3 is 2.73 bits per heavy atom. The zero-order valence-corrected chi connectivity index (χ0v) is 17.8. The van der Waals surface area contributed by atoms with Crippen LogP contribution in [0.15, 0.2) is 94.9 Å². The number of carbonyl (C=O) groups is 2. The zero-order valence-electron chi connectivity index (χ0n) is 17.8. The molecule has 1 unspecified atom stereocenters. The molecule has 1 amide bonds. The van der Waals surface area contributed by atoms with Gasteiger partial charge in [0.2, 0.25) is 5.78 Å². The lowest BCUT2D eigenvalue weighted by molar-refractivity contribution is -0.130. The number of para-hydroxylation sites is 1. The number of benzene rings is 2. The van der Waals surface area contributed by atoms with Gasteiger partial charge in [0, 0.05) is 24.3 Å². The Morgan fingerprint density at radius 1 is 1.12 bits per heavy atom. The van der Waals surface area contributed by atoms with Gasteiger partial charge in [-0.2, -0.15) is 0 Å². The maximum Gasteiger partial charge on any atom is 0.290 e.